The van der Waals surface area contributed by atoms with Gasteiger partial charge in [0.25, 0.3) is 0 Å². The Bertz CT molecular complexity index is 612. The zero-order chi connectivity index (χ0) is 20.2. The third-order valence-corrected chi connectivity index (χ3v) is 3.92. The summed E-state index contributed by atoms with van der Waals surface area (Å²) < 4.78 is 52.5. The summed E-state index contributed by atoms with van der Waals surface area (Å²) >= 11 is 0. The van der Waals surface area contributed by atoms with E-state index in [0.29, 0.717) is 38.8 Å². The van der Waals surface area contributed by atoms with Crippen LogP contribution in [0.1, 0.15) is 25.3 Å². The number of ether oxygens (including phenoxy) is 3. The molecule has 1 aromatic carbocycles. The number of nitrogens with zero attached hydrogens (tertiary/aromatic N) is 1. The molecule has 6 nitrogen and oxygen atoms in total. The lowest BCUT2D eigenvalue weighted by Gasteiger charge is -2.13. The summed E-state index contributed by atoms with van der Waals surface area (Å²) in [4.78, 5) is 4.46. The number of nitrogens with one attached hydrogen (secondary N) is 2. The van der Waals surface area contributed by atoms with Crippen molar-refractivity contribution in [1.82, 2.24) is 10.6 Å². The first kappa shape index (κ1) is 25.8. The van der Waals surface area contributed by atoms with E-state index in [9.17, 15) is 13.2 Å². The Hall–Kier alpha value is -1.27. The Morgan fingerprint density at radius 2 is 2.14 bits per heavy atom. The van der Waals surface area contributed by atoms with Gasteiger partial charge in [0, 0.05) is 26.3 Å². The Labute approximate surface area is 186 Å². The fourth-order valence-corrected chi connectivity index (χ4v) is 2.58. The van der Waals surface area contributed by atoms with Crippen LogP contribution in [0.25, 0.3) is 0 Å². The highest BCUT2D eigenvalue weighted by molar-refractivity contribution is 14.0. The molecule has 0 amide bonds. The van der Waals surface area contributed by atoms with Gasteiger partial charge in [0.1, 0.15) is 5.75 Å². The number of benzene rings is 1. The van der Waals surface area contributed by atoms with Gasteiger partial charge in [-0.15, -0.1) is 24.0 Å². The minimum absolute atomic E-state index is 0. The summed E-state index contributed by atoms with van der Waals surface area (Å²) in [6.07, 6.45) is -2.37. The van der Waals surface area contributed by atoms with Crippen molar-refractivity contribution in [2.24, 2.45) is 4.99 Å². The number of aliphatic imine (C=N–C) groups is 1. The summed E-state index contributed by atoms with van der Waals surface area (Å²) in [7, 11) is 0. The van der Waals surface area contributed by atoms with Crippen molar-refractivity contribution in [2.75, 3.05) is 39.5 Å². The van der Waals surface area contributed by atoms with E-state index in [-0.39, 0.29) is 35.8 Å². The first-order valence-electron chi connectivity index (χ1n) is 9.46. The molecule has 166 valence electrons. The summed E-state index contributed by atoms with van der Waals surface area (Å²) in [6.45, 7) is 4.48. The number of guanidine groups is 1. The molecule has 1 saturated heterocycles. The summed E-state index contributed by atoms with van der Waals surface area (Å²) in [5.41, 5.74) is 0.765. The Morgan fingerprint density at radius 3 is 2.83 bits per heavy atom. The van der Waals surface area contributed by atoms with Crippen LogP contribution in [0.2, 0.25) is 0 Å². The molecule has 0 spiro atoms. The summed E-state index contributed by atoms with van der Waals surface area (Å²) in [5.74, 6) is 0.823. The van der Waals surface area contributed by atoms with Crippen molar-refractivity contribution < 1.29 is 27.4 Å². The second kappa shape index (κ2) is 13.9. The molecule has 29 heavy (non-hydrogen) atoms. The molecule has 0 bridgehead atoms. The van der Waals surface area contributed by atoms with Crippen molar-refractivity contribution in [3.63, 3.8) is 0 Å². The summed E-state index contributed by atoms with van der Waals surface area (Å²) in [6, 6.07) is 6.51. The number of hydrogen-bond acceptors (Lipinski definition) is 4. The van der Waals surface area contributed by atoms with Crippen LogP contribution in [0.3, 0.4) is 0 Å². The predicted molar refractivity (Wildman–Crippen MR) is 116 cm³/mol. The molecular formula is C19H29F3IN3O3. The Kier molecular flexibility index (Phi) is 12.3. The molecule has 1 unspecified atom stereocenters. The summed E-state index contributed by atoms with van der Waals surface area (Å²) in [5, 5.41) is 6.37. The molecule has 1 fully saturated rings. The highest BCUT2D eigenvalue weighted by Gasteiger charge is 2.28. The van der Waals surface area contributed by atoms with Crippen LogP contribution in [0.15, 0.2) is 29.3 Å². The van der Waals surface area contributed by atoms with Gasteiger partial charge in [-0.05, 0) is 37.5 Å². The van der Waals surface area contributed by atoms with Gasteiger partial charge in [0.15, 0.2) is 12.6 Å². The predicted octanol–water partition coefficient (Wildman–Crippen LogP) is 3.50. The number of hydrogen-bond donors (Lipinski definition) is 2. The van der Waals surface area contributed by atoms with Gasteiger partial charge >= 0.3 is 6.18 Å². The van der Waals surface area contributed by atoms with Crippen LogP contribution in [0.5, 0.6) is 5.75 Å². The molecule has 0 radical (unpaired) electrons. The van der Waals surface area contributed by atoms with Crippen LogP contribution in [0.4, 0.5) is 13.2 Å². The van der Waals surface area contributed by atoms with Crippen LogP contribution in [-0.2, 0) is 16.0 Å². The van der Waals surface area contributed by atoms with Gasteiger partial charge in [-0.1, -0.05) is 12.1 Å². The van der Waals surface area contributed by atoms with Gasteiger partial charge in [0.05, 0.1) is 19.3 Å². The molecule has 1 heterocycles. The second-order valence-corrected chi connectivity index (χ2v) is 6.38. The number of rotatable bonds is 10. The maximum atomic E-state index is 12.3. The second-order valence-electron chi connectivity index (χ2n) is 6.38. The SMILES string of the molecule is CCNC(=NCc1cccc(OCC(F)(F)F)c1)NCCCOC1CCOC1.I. The first-order valence-corrected chi connectivity index (χ1v) is 9.46. The molecule has 0 aliphatic carbocycles. The van der Waals surface area contributed by atoms with Crippen LogP contribution >= 0.6 is 24.0 Å². The molecule has 0 aromatic heterocycles. The van der Waals surface area contributed by atoms with Crippen molar-refractivity contribution in [3.8, 4) is 5.75 Å². The van der Waals surface area contributed by atoms with Crippen LogP contribution < -0.4 is 15.4 Å². The molecule has 1 aliphatic rings. The van der Waals surface area contributed by atoms with Crippen molar-refractivity contribution in [1.29, 1.82) is 0 Å². The van der Waals surface area contributed by atoms with Crippen LogP contribution in [0, 0.1) is 0 Å². The van der Waals surface area contributed by atoms with E-state index >= 15 is 0 Å². The number of alkyl halides is 3. The lowest BCUT2D eigenvalue weighted by molar-refractivity contribution is -0.153. The minimum Gasteiger partial charge on any atom is -0.484 e. The average Bonchev–Trinajstić information content (AvgIpc) is 3.17. The fraction of sp³-hybridized carbons (Fsp3) is 0.632. The van der Waals surface area contributed by atoms with Crippen molar-refractivity contribution in [3.05, 3.63) is 29.8 Å². The van der Waals surface area contributed by atoms with Gasteiger partial charge < -0.3 is 24.8 Å². The Balaban J connectivity index is 0.00000420. The zero-order valence-electron chi connectivity index (χ0n) is 16.5. The van der Waals surface area contributed by atoms with E-state index in [1.54, 1.807) is 18.2 Å². The van der Waals surface area contributed by atoms with Crippen LogP contribution in [-0.4, -0.2) is 57.8 Å². The monoisotopic (exact) mass is 531 g/mol. The lowest BCUT2D eigenvalue weighted by atomic mass is 10.2. The van der Waals surface area contributed by atoms with Gasteiger partial charge in [0.2, 0.25) is 0 Å². The maximum absolute atomic E-state index is 12.3. The highest BCUT2D eigenvalue weighted by atomic mass is 127. The van der Waals surface area contributed by atoms with E-state index in [1.165, 1.54) is 6.07 Å². The average molecular weight is 531 g/mol. The van der Waals surface area contributed by atoms with Gasteiger partial charge in [-0.2, -0.15) is 13.2 Å². The van der Waals surface area contributed by atoms with E-state index in [1.807, 2.05) is 6.92 Å². The van der Waals surface area contributed by atoms with E-state index in [0.717, 1.165) is 25.0 Å². The highest BCUT2D eigenvalue weighted by Crippen LogP contribution is 2.19. The first-order chi connectivity index (χ1) is 13.5. The molecule has 1 aromatic rings. The van der Waals surface area contributed by atoms with Gasteiger partial charge in [-0.3, -0.25) is 0 Å². The molecule has 2 N–H and O–H groups in total. The maximum Gasteiger partial charge on any atom is 0.422 e. The van der Waals surface area contributed by atoms with Gasteiger partial charge in [-0.25, -0.2) is 4.99 Å². The largest absolute Gasteiger partial charge is 0.484 e. The quantitative estimate of drug-likeness (QED) is 0.210. The van der Waals surface area contributed by atoms with Crippen molar-refractivity contribution in [2.45, 2.75) is 38.6 Å². The third kappa shape index (κ3) is 11.5. The zero-order valence-corrected chi connectivity index (χ0v) is 18.8. The molecule has 1 aliphatic heterocycles. The molecule has 10 heteroatoms. The number of halogens is 4. The minimum atomic E-state index is -4.36. The fourth-order valence-electron chi connectivity index (χ4n) is 2.58. The normalized spacial score (nSPS) is 17.0. The topological polar surface area (TPSA) is 64.1 Å². The van der Waals surface area contributed by atoms with E-state index in [2.05, 4.69) is 15.6 Å². The Morgan fingerprint density at radius 1 is 1.31 bits per heavy atom. The third-order valence-electron chi connectivity index (χ3n) is 3.92. The lowest BCUT2D eigenvalue weighted by Crippen LogP contribution is -2.38. The van der Waals surface area contributed by atoms with E-state index < -0.39 is 12.8 Å². The van der Waals surface area contributed by atoms with E-state index in [4.69, 9.17) is 14.2 Å². The smallest absolute Gasteiger partial charge is 0.422 e. The molecule has 2 rings (SSSR count). The molecule has 0 saturated carbocycles. The van der Waals surface area contributed by atoms with Crippen molar-refractivity contribution >= 4 is 29.9 Å². The standard InChI is InChI=1S/C19H28F3N3O3.HI/c1-2-23-18(24-8-4-9-27-17-7-10-26-13-17)25-12-15-5-3-6-16(11-15)28-14-19(20,21)22;/h3,5-6,11,17H,2,4,7-10,12-14H2,1H3,(H2,23,24,25);1H. The molecule has 1 atom stereocenters. The molecular weight excluding hydrogens is 502 g/mol.